The Balaban J connectivity index is 1.62. The van der Waals surface area contributed by atoms with Crippen molar-refractivity contribution in [3.63, 3.8) is 0 Å². The molecule has 0 spiro atoms. The predicted octanol–water partition coefficient (Wildman–Crippen LogP) is 0.743. The molecule has 3 N–H and O–H groups in total. The molecule has 84 valence electrons. The van der Waals surface area contributed by atoms with Crippen LogP contribution in [0.15, 0.2) is 18.7 Å². The number of rotatable bonds is 4. The maximum absolute atomic E-state index is 5.86. The van der Waals surface area contributed by atoms with Crippen molar-refractivity contribution in [1.29, 1.82) is 0 Å². The van der Waals surface area contributed by atoms with Crippen LogP contribution in [-0.4, -0.2) is 28.2 Å². The molecule has 1 heterocycles. The Hall–Kier alpha value is -0.870. The Morgan fingerprint density at radius 3 is 2.80 bits per heavy atom. The van der Waals surface area contributed by atoms with E-state index in [0.29, 0.717) is 12.1 Å². The number of imidazole rings is 1. The summed E-state index contributed by atoms with van der Waals surface area (Å²) in [6, 6.07) is 1.12. The van der Waals surface area contributed by atoms with Crippen LogP contribution >= 0.6 is 0 Å². The first kappa shape index (κ1) is 10.6. The van der Waals surface area contributed by atoms with Crippen molar-refractivity contribution in [1.82, 2.24) is 14.9 Å². The second-order valence-electron chi connectivity index (χ2n) is 4.37. The molecule has 1 aromatic heterocycles. The highest BCUT2D eigenvalue weighted by atomic mass is 15.0. The fourth-order valence-electron chi connectivity index (χ4n) is 2.14. The standard InChI is InChI=1S/C11H20N4/c12-10-1-3-11(4-2-10)14-6-8-15-7-5-13-9-15/h5,7,9-11,14H,1-4,6,8,12H2. The summed E-state index contributed by atoms with van der Waals surface area (Å²) in [5.74, 6) is 0. The largest absolute Gasteiger partial charge is 0.336 e. The Labute approximate surface area is 90.9 Å². The molecule has 2 rings (SSSR count). The van der Waals surface area contributed by atoms with E-state index in [2.05, 4.69) is 14.9 Å². The zero-order valence-electron chi connectivity index (χ0n) is 9.10. The van der Waals surface area contributed by atoms with Gasteiger partial charge in [0, 0.05) is 37.6 Å². The minimum atomic E-state index is 0.441. The first-order valence-corrected chi connectivity index (χ1v) is 5.79. The first-order chi connectivity index (χ1) is 7.34. The molecule has 1 aromatic rings. The number of nitrogens with two attached hydrogens (primary N) is 1. The normalized spacial score (nSPS) is 26.7. The van der Waals surface area contributed by atoms with Crippen LogP contribution in [0.1, 0.15) is 25.7 Å². The molecule has 0 aliphatic heterocycles. The van der Waals surface area contributed by atoms with Crippen LogP contribution in [-0.2, 0) is 6.54 Å². The molecule has 15 heavy (non-hydrogen) atoms. The van der Waals surface area contributed by atoms with Gasteiger partial charge in [-0.25, -0.2) is 4.98 Å². The van der Waals surface area contributed by atoms with Crippen molar-refractivity contribution < 1.29 is 0 Å². The number of nitrogens with one attached hydrogen (secondary N) is 1. The molecule has 0 aromatic carbocycles. The van der Waals surface area contributed by atoms with E-state index in [4.69, 9.17) is 5.73 Å². The van der Waals surface area contributed by atoms with Crippen molar-refractivity contribution in [2.24, 2.45) is 5.73 Å². The third kappa shape index (κ3) is 3.32. The van der Waals surface area contributed by atoms with Gasteiger partial charge in [-0.2, -0.15) is 0 Å². The van der Waals surface area contributed by atoms with Gasteiger partial charge in [-0.15, -0.1) is 0 Å². The monoisotopic (exact) mass is 208 g/mol. The molecule has 1 aliphatic carbocycles. The maximum Gasteiger partial charge on any atom is 0.0946 e. The zero-order chi connectivity index (χ0) is 10.5. The van der Waals surface area contributed by atoms with E-state index >= 15 is 0 Å². The van der Waals surface area contributed by atoms with Gasteiger partial charge in [-0.1, -0.05) is 0 Å². The maximum atomic E-state index is 5.86. The number of nitrogens with zero attached hydrogens (tertiary/aromatic N) is 2. The summed E-state index contributed by atoms with van der Waals surface area (Å²) in [5.41, 5.74) is 5.86. The molecule has 0 amide bonds. The van der Waals surface area contributed by atoms with Gasteiger partial charge >= 0.3 is 0 Å². The summed E-state index contributed by atoms with van der Waals surface area (Å²) in [4.78, 5) is 4.02. The SMILES string of the molecule is NC1CCC(NCCn2ccnc2)CC1. The topological polar surface area (TPSA) is 55.9 Å². The van der Waals surface area contributed by atoms with Gasteiger partial charge in [0.15, 0.2) is 0 Å². The highest BCUT2D eigenvalue weighted by Gasteiger charge is 2.17. The second kappa shape index (κ2) is 5.28. The third-order valence-corrected chi connectivity index (χ3v) is 3.13. The molecular weight excluding hydrogens is 188 g/mol. The second-order valence-corrected chi connectivity index (χ2v) is 4.37. The predicted molar refractivity (Wildman–Crippen MR) is 60.5 cm³/mol. The lowest BCUT2D eigenvalue weighted by Gasteiger charge is -2.26. The quantitative estimate of drug-likeness (QED) is 0.767. The van der Waals surface area contributed by atoms with Crippen molar-refractivity contribution in [3.05, 3.63) is 18.7 Å². The van der Waals surface area contributed by atoms with E-state index in [1.54, 1.807) is 0 Å². The molecule has 0 saturated heterocycles. The van der Waals surface area contributed by atoms with Gasteiger partial charge in [-0.05, 0) is 25.7 Å². The summed E-state index contributed by atoms with van der Waals surface area (Å²) in [7, 11) is 0. The molecule has 0 bridgehead atoms. The van der Waals surface area contributed by atoms with Crippen LogP contribution < -0.4 is 11.1 Å². The average molecular weight is 208 g/mol. The zero-order valence-corrected chi connectivity index (χ0v) is 9.10. The minimum absolute atomic E-state index is 0.441. The molecule has 4 heteroatoms. The highest BCUT2D eigenvalue weighted by molar-refractivity contribution is 4.79. The highest BCUT2D eigenvalue weighted by Crippen LogP contribution is 2.16. The summed E-state index contributed by atoms with van der Waals surface area (Å²) < 4.78 is 2.10. The van der Waals surface area contributed by atoms with Crippen molar-refractivity contribution in [2.75, 3.05) is 6.54 Å². The summed E-state index contributed by atoms with van der Waals surface area (Å²) in [6.07, 6.45) is 10.5. The number of aromatic nitrogens is 2. The Kier molecular flexibility index (Phi) is 3.75. The van der Waals surface area contributed by atoms with Crippen LogP contribution in [0.4, 0.5) is 0 Å². The lowest BCUT2D eigenvalue weighted by molar-refractivity contribution is 0.339. The minimum Gasteiger partial charge on any atom is -0.336 e. The molecule has 0 unspecified atom stereocenters. The Morgan fingerprint density at radius 2 is 2.13 bits per heavy atom. The fourth-order valence-corrected chi connectivity index (χ4v) is 2.14. The summed E-state index contributed by atoms with van der Waals surface area (Å²) >= 11 is 0. The van der Waals surface area contributed by atoms with Gasteiger partial charge < -0.3 is 15.6 Å². The molecule has 0 atom stereocenters. The molecule has 1 aliphatic rings. The van der Waals surface area contributed by atoms with Crippen molar-refractivity contribution >= 4 is 0 Å². The molecule has 0 radical (unpaired) electrons. The smallest absolute Gasteiger partial charge is 0.0946 e. The summed E-state index contributed by atoms with van der Waals surface area (Å²) in [6.45, 7) is 2.03. The van der Waals surface area contributed by atoms with E-state index in [9.17, 15) is 0 Å². The lowest BCUT2D eigenvalue weighted by atomic mass is 9.92. The van der Waals surface area contributed by atoms with Gasteiger partial charge in [0.25, 0.3) is 0 Å². The summed E-state index contributed by atoms with van der Waals surface area (Å²) in [5, 5.41) is 3.58. The van der Waals surface area contributed by atoms with E-state index < -0.39 is 0 Å². The van der Waals surface area contributed by atoms with E-state index in [-0.39, 0.29) is 0 Å². The van der Waals surface area contributed by atoms with E-state index in [1.165, 1.54) is 25.7 Å². The van der Waals surface area contributed by atoms with Crippen LogP contribution in [0, 0.1) is 0 Å². The Bertz CT molecular complexity index is 262. The van der Waals surface area contributed by atoms with Gasteiger partial charge in [0.2, 0.25) is 0 Å². The first-order valence-electron chi connectivity index (χ1n) is 5.79. The van der Waals surface area contributed by atoms with Gasteiger partial charge in [0.1, 0.15) is 0 Å². The van der Waals surface area contributed by atoms with Gasteiger partial charge in [0.05, 0.1) is 6.33 Å². The molecule has 4 nitrogen and oxygen atoms in total. The number of hydrogen-bond acceptors (Lipinski definition) is 3. The van der Waals surface area contributed by atoms with Crippen LogP contribution in [0.5, 0.6) is 0 Å². The lowest BCUT2D eigenvalue weighted by Crippen LogP contribution is -2.38. The molecule has 1 saturated carbocycles. The van der Waals surface area contributed by atoms with Crippen LogP contribution in [0.25, 0.3) is 0 Å². The molecule has 1 fully saturated rings. The third-order valence-electron chi connectivity index (χ3n) is 3.13. The van der Waals surface area contributed by atoms with E-state index in [1.807, 2.05) is 18.7 Å². The average Bonchev–Trinajstić information content (AvgIpc) is 2.74. The van der Waals surface area contributed by atoms with Gasteiger partial charge in [-0.3, -0.25) is 0 Å². The van der Waals surface area contributed by atoms with Crippen LogP contribution in [0.2, 0.25) is 0 Å². The Morgan fingerprint density at radius 1 is 1.33 bits per heavy atom. The van der Waals surface area contributed by atoms with E-state index in [0.717, 1.165) is 13.1 Å². The molecular formula is C11H20N4. The fraction of sp³-hybridized carbons (Fsp3) is 0.727. The number of hydrogen-bond donors (Lipinski definition) is 2. The van der Waals surface area contributed by atoms with Crippen molar-refractivity contribution in [2.45, 2.75) is 44.3 Å². The van der Waals surface area contributed by atoms with Crippen LogP contribution in [0.3, 0.4) is 0 Å². The van der Waals surface area contributed by atoms with Crippen molar-refractivity contribution in [3.8, 4) is 0 Å².